The van der Waals surface area contributed by atoms with E-state index in [1.54, 1.807) is 26.2 Å². The second-order valence-corrected chi connectivity index (χ2v) is 9.66. The summed E-state index contributed by atoms with van der Waals surface area (Å²) in [7, 11) is 1.66. The summed E-state index contributed by atoms with van der Waals surface area (Å²) in [4.78, 5) is 29.7. The van der Waals surface area contributed by atoms with Gasteiger partial charge in [0, 0.05) is 18.8 Å². The second-order valence-electron chi connectivity index (χ2n) is 9.66. The van der Waals surface area contributed by atoms with E-state index < -0.39 is 5.97 Å². The van der Waals surface area contributed by atoms with Crippen molar-refractivity contribution in [3.63, 3.8) is 0 Å². The van der Waals surface area contributed by atoms with Crippen LogP contribution in [0.5, 0.6) is 11.5 Å². The van der Waals surface area contributed by atoms with Gasteiger partial charge in [0.05, 0.1) is 19.8 Å². The number of nitrogens with one attached hydrogen (secondary N) is 1. The molecule has 8 nitrogen and oxygen atoms in total. The fraction of sp³-hybridized carbons (Fsp3) is 0.517. The molecular formula is C29H41Cl2N3O5. The molecule has 0 bridgehead atoms. The minimum atomic E-state index is -0.399. The van der Waals surface area contributed by atoms with Gasteiger partial charge in [-0.1, -0.05) is 12.1 Å². The van der Waals surface area contributed by atoms with Gasteiger partial charge >= 0.3 is 5.97 Å². The van der Waals surface area contributed by atoms with Crippen LogP contribution in [-0.2, 0) is 20.7 Å². The SMILES string of the molecule is CCOC(=O)COc1ccc(N2CCN(CCC3CCNCC3)C(Cc3ccc(OC)cc3)C2=O)cc1.Cl.Cl. The Labute approximate surface area is 244 Å². The van der Waals surface area contributed by atoms with Crippen LogP contribution in [0, 0.1) is 5.92 Å². The van der Waals surface area contributed by atoms with Crippen molar-refractivity contribution < 1.29 is 23.8 Å². The van der Waals surface area contributed by atoms with Crippen LogP contribution in [-0.4, -0.2) is 75.9 Å². The van der Waals surface area contributed by atoms with E-state index in [0.717, 1.165) is 55.5 Å². The van der Waals surface area contributed by atoms with E-state index >= 15 is 0 Å². The van der Waals surface area contributed by atoms with E-state index in [2.05, 4.69) is 10.2 Å². The van der Waals surface area contributed by atoms with Gasteiger partial charge in [-0.2, -0.15) is 0 Å². The number of carbonyl (C=O) groups excluding carboxylic acids is 2. The van der Waals surface area contributed by atoms with E-state index in [0.29, 0.717) is 25.3 Å². The number of benzene rings is 2. The molecule has 1 unspecified atom stereocenters. The standard InChI is InChI=1S/C29H39N3O5.2ClH/c1-3-36-28(33)21-37-26-10-6-24(7-11-26)32-19-18-31(17-14-22-12-15-30-16-13-22)27(29(32)34)20-23-4-8-25(35-2)9-5-23;;/h4-11,22,27,30H,3,12-21H2,1-2H3;2*1H. The molecule has 2 aliphatic heterocycles. The summed E-state index contributed by atoms with van der Waals surface area (Å²) < 4.78 is 15.7. The zero-order valence-corrected chi connectivity index (χ0v) is 24.4. The molecule has 2 aliphatic rings. The fourth-order valence-corrected chi connectivity index (χ4v) is 5.14. The number of ether oxygens (including phenoxy) is 3. The van der Waals surface area contributed by atoms with Crippen molar-refractivity contribution in [2.45, 2.75) is 38.6 Å². The number of hydrogen-bond donors (Lipinski definition) is 1. The van der Waals surface area contributed by atoms with Gasteiger partial charge < -0.3 is 24.4 Å². The molecule has 2 aromatic carbocycles. The first-order valence-electron chi connectivity index (χ1n) is 13.3. The molecule has 39 heavy (non-hydrogen) atoms. The van der Waals surface area contributed by atoms with Crippen molar-refractivity contribution in [1.29, 1.82) is 0 Å². The Morgan fingerprint density at radius 2 is 1.64 bits per heavy atom. The van der Waals surface area contributed by atoms with Crippen molar-refractivity contribution in [3.8, 4) is 11.5 Å². The van der Waals surface area contributed by atoms with Gasteiger partial charge in [0.2, 0.25) is 5.91 Å². The number of halogens is 2. The van der Waals surface area contributed by atoms with Crippen molar-refractivity contribution in [3.05, 3.63) is 54.1 Å². The van der Waals surface area contributed by atoms with Crippen LogP contribution in [0.15, 0.2) is 48.5 Å². The third kappa shape index (κ3) is 9.28. The molecule has 1 N–H and O–H groups in total. The topological polar surface area (TPSA) is 80.3 Å². The fourth-order valence-electron chi connectivity index (χ4n) is 5.14. The number of methoxy groups -OCH3 is 1. The monoisotopic (exact) mass is 581 g/mol. The van der Waals surface area contributed by atoms with Gasteiger partial charge in [-0.15, -0.1) is 24.8 Å². The molecule has 2 aromatic rings. The minimum Gasteiger partial charge on any atom is -0.497 e. The van der Waals surface area contributed by atoms with E-state index in [4.69, 9.17) is 14.2 Å². The third-order valence-corrected chi connectivity index (χ3v) is 7.28. The van der Waals surface area contributed by atoms with Crippen LogP contribution in [0.4, 0.5) is 5.69 Å². The number of nitrogens with zero attached hydrogens (tertiary/aromatic N) is 2. The van der Waals surface area contributed by atoms with Crippen molar-refractivity contribution in [2.75, 3.05) is 57.9 Å². The number of piperidine rings is 1. The highest BCUT2D eigenvalue weighted by atomic mass is 35.5. The van der Waals surface area contributed by atoms with E-state index in [1.807, 2.05) is 41.3 Å². The van der Waals surface area contributed by atoms with Gasteiger partial charge in [0.25, 0.3) is 0 Å². The average molecular weight is 583 g/mol. The minimum absolute atomic E-state index is 0. The maximum atomic E-state index is 13.8. The van der Waals surface area contributed by atoms with Crippen molar-refractivity contribution in [2.24, 2.45) is 5.92 Å². The van der Waals surface area contributed by atoms with Crippen LogP contribution in [0.1, 0.15) is 31.7 Å². The highest BCUT2D eigenvalue weighted by Crippen LogP contribution is 2.27. The first-order chi connectivity index (χ1) is 18.1. The molecule has 4 rings (SSSR count). The van der Waals surface area contributed by atoms with Crippen LogP contribution in [0.2, 0.25) is 0 Å². The summed E-state index contributed by atoms with van der Waals surface area (Å²) >= 11 is 0. The summed E-state index contributed by atoms with van der Waals surface area (Å²) in [5.41, 5.74) is 1.96. The molecule has 1 atom stereocenters. The van der Waals surface area contributed by atoms with Gasteiger partial charge in [-0.3, -0.25) is 9.69 Å². The average Bonchev–Trinajstić information content (AvgIpc) is 2.94. The Balaban J connectivity index is 0.00000267. The summed E-state index contributed by atoms with van der Waals surface area (Å²) in [6, 6.07) is 15.1. The molecule has 10 heteroatoms. The highest BCUT2D eigenvalue weighted by Gasteiger charge is 2.35. The molecule has 2 fully saturated rings. The molecule has 2 heterocycles. The molecular weight excluding hydrogens is 541 g/mol. The summed E-state index contributed by atoms with van der Waals surface area (Å²) in [6.45, 7) is 6.55. The number of hydrogen-bond acceptors (Lipinski definition) is 7. The first-order valence-corrected chi connectivity index (χ1v) is 13.3. The molecule has 0 aromatic heterocycles. The lowest BCUT2D eigenvalue weighted by Gasteiger charge is -2.41. The smallest absolute Gasteiger partial charge is 0.344 e. The zero-order valence-electron chi connectivity index (χ0n) is 22.8. The molecule has 0 radical (unpaired) electrons. The number of amides is 1. The zero-order chi connectivity index (χ0) is 26.0. The number of anilines is 1. The summed E-state index contributed by atoms with van der Waals surface area (Å²) in [6.07, 6.45) is 4.20. The summed E-state index contributed by atoms with van der Waals surface area (Å²) in [5.74, 6) is 1.82. The molecule has 2 saturated heterocycles. The number of piperazine rings is 1. The molecule has 1 amide bonds. The second kappa shape index (κ2) is 16.6. The predicted octanol–water partition coefficient (Wildman–Crippen LogP) is 4.13. The van der Waals surface area contributed by atoms with E-state index in [-0.39, 0.29) is 43.4 Å². The Morgan fingerprint density at radius 1 is 0.974 bits per heavy atom. The van der Waals surface area contributed by atoms with Gasteiger partial charge in [0.1, 0.15) is 11.5 Å². The third-order valence-electron chi connectivity index (χ3n) is 7.28. The first kappa shape index (κ1) is 32.7. The summed E-state index contributed by atoms with van der Waals surface area (Å²) in [5, 5.41) is 3.44. The quantitative estimate of drug-likeness (QED) is 0.399. The Hall–Kier alpha value is -2.52. The molecule has 0 saturated carbocycles. The Morgan fingerprint density at radius 3 is 2.28 bits per heavy atom. The maximum absolute atomic E-state index is 13.8. The number of rotatable bonds is 11. The maximum Gasteiger partial charge on any atom is 0.344 e. The van der Waals surface area contributed by atoms with Crippen LogP contribution < -0.4 is 19.7 Å². The van der Waals surface area contributed by atoms with Crippen LogP contribution in [0.3, 0.4) is 0 Å². The lowest BCUT2D eigenvalue weighted by atomic mass is 9.93. The van der Waals surface area contributed by atoms with Gasteiger partial charge in [-0.05, 0) is 100 Å². The Bertz CT molecular complexity index is 1020. The lowest BCUT2D eigenvalue weighted by Crippen LogP contribution is -2.58. The lowest BCUT2D eigenvalue weighted by molar-refractivity contribution is -0.145. The number of carbonyl (C=O) groups is 2. The molecule has 0 spiro atoms. The highest BCUT2D eigenvalue weighted by molar-refractivity contribution is 5.98. The van der Waals surface area contributed by atoms with Gasteiger partial charge in [0.15, 0.2) is 6.61 Å². The van der Waals surface area contributed by atoms with Crippen LogP contribution in [0.25, 0.3) is 0 Å². The molecule has 0 aliphatic carbocycles. The normalized spacial score (nSPS) is 18.1. The number of esters is 1. The van der Waals surface area contributed by atoms with Crippen molar-refractivity contribution in [1.82, 2.24) is 10.2 Å². The molecule has 216 valence electrons. The predicted molar refractivity (Wildman–Crippen MR) is 158 cm³/mol. The van der Waals surface area contributed by atoms with Crippen molar-refractivity contribution >= 4 is 42.4 Å². The van der Waals surface area contributed by atoms with Crippen LogP contribution >= 0.6 is 24.8 Å². The van der Waals surface area contributed by atoms with E-state index in [1.165, 1.54) is 12.8 Å². The van der Waals surface area contributed by atoms with E-state index in [9.17, 15) is 9.59 Å². The largest absolute Gasteiger partial charge is 0.497 e. The van der Waals surface area contributed by atoms with Gasteiger partial charge in [-0.25, -0.2) is 4.79 Å². The Kier molecular flexibility index (Phi) is 13.9.